The van der Waals surface area contributed by atoms with Gasteiger partial charge in [-0.05, 0) is 13.3 Å². The molecule has 0 radical (unpaired) electrons. The molecule has 0 saturated heterocycles. The number of hydrogen-bond donors (Lipinski definition) is 2. The molecule has 0 atom stereocenters. The Bertz CT molecular complexity index is 398. The maximum absolute atomic E-state index is 12.0. The van der Waals surface area contributed by atoms with Crippen molar-refractivity contribution in [2.45, 2.75) is 25.9 Å². The van der Waals surface area contributed by atoms with Gasteiger partial charge < -0.3 is 15.4 Å². The average Bonchev–Trinajstić information content (AvgIpc) is 2.34. The Kier molecular flexibility index (Phi) is 5.65. The summed E-state index contributed by atoms with van der Waals surface area (Å²) in [6.07, 6.45) is -3.65. The van der Waals surface area contributed by atoms with Gasteiger partial charge in [-0.1, -0.05) is 0 Å². The van der Waals surface area contributed by atoms with Crippen LogP contribution in [0.3, 0.4) is 0 Å². The third kappa shape index (κ3) is 5.19. The zero-order chi connectivity index (χ0) is 14.3. The van der Waals surface area contributed by atoms with E-state index in [4.69, 9.17) is 4.74 Å². The predicted octanol–water partition coefficient (Wildman–Crippen LogP) is 2.67. The Labute approximate surface area is 109 Å². The summed E-state index contributed by atoms with van der Waals surface area (Å²) in [6, 6.07) is 0. The molecule has 1 heterocycles. The van der Waals surface area contributed by atoms with E-state index in [1.54, 1.807) is 0 Å². The molecule has 0 aliphatic heterocycles. The minimum absolute atomic E-state index is 0.0206. The van der Waals surface area contributed by atoms with Crippen LogP contribution in [-0.4, -0.2) is 36.3 Å². The Morgan fingerprint density at radius 1 is 1.21 bits per heavy atom. The third-order valence-corrected chi connectivity index (χ3v) is 2.28. The van der Waals surface area contributed by atoms with Gasteiger partial charge in [-0.25, -0.2) is 9.97 Å². The molecule has 1 aromatic heterocycles. The fourth-order valence-corrected chi connectivity index (χ4v) is 1.48. The first-order chi connectivity index (χ1) is 8.98. The Morgan fingerprint density at radius 2 is 1.84 bits per heavy atom. The van der Waals surface area contributed by atoms with Crippen LogP contribution in [0, 0.1) is 0 Å². The molecule has 0 aromatic carbocycles. The fraction of sp³-hybridized carbons (Fsp3) is 0.636. The first kappa shape index (κ1) is 15.3. The number of anilines is 2. The van der Waals surface area contributed by atoms with Gasteiger partial charge in [-0.15, -0.1) is 0 Å². The van der Waals surface area contributed by atoms with E-state index in [0.29, 0.717) is 23.9 Å². The maximum Gasteiger partial charge on any atom is 0.389 e. The summed E-state index contributed by atoms with van der Waals surface area (Å²) < 4.78 is 41.2. The van der Waals surface area contributed by atoms with Crippen molar-refractivity contribution in [3.05, 3.63) is 6.33 Å². The van der Waals surface area contributed by atoms with Crippen LogP contribution in [0.15, 0.2) is 6.33 Å². The molecule has 0 amide bonds. The van der Waals surface area contributed by atoms with Crippen molar-refractivity contribution >= 4 is 11.6 Å². The quantitative estimate of drug-likeness (QED) is 0.751. The summed E-state index contributed by atoms with van der Waals surface area (Å²) in [7, 11) is 1.46. The number of nitrogens with one attached hydrogen (secondary N) is 2. The molecule has 5 nitrogen and oxygen atoms in total. The van der Waals surface area contributed by atoms with Gasteiger partial charge in [0.2, 0.25) is 5.75 Å². The van der Waals surface area contributed by atoms with Crippen LogP contribution in [0.4, 0.5) is 24.8 Å². The zero-order valence-corrected chi connectivity index (χ0v) is 10.8. The number of ether oxygens (including phenoxy) is 1. The minimum Gasteiger partial charge on any atom is -0.490 e. The van der Waals surface area contributed by atoms with Crippen LogP contribution in [0.1, 0.15) is 19.8 Å². The van der Waals surface area contributed by atoms with Gasteiger partial charge in [-0.2, -0.15) is 13.2 Å². The number of halogens is 3. The van der Waals surface area contributed by atoms with Crippen molar-refractivity contribution in [3.63, 3.8) is 0 Å². The van der Waals surface area contributed by atoms with Crippen LogP contribution in [-0.2, 0) is 0 Å². The molecule has 1 rings (SSSR count). The molecule has 0 saturated carbocycles. The van der Waals surface area contributed by atoms with Crippen molar-refractivity contribution in [3.8, 4) is 5.75 Å². The summed E-state index contributed by atoms with van der Waals surface area (Å²) in [5, 5.41) is 5.81. The van der Waals surface area contributed by atoms with Crippen molar-refractivity contribution < 1.29 is 17.9 Å². The molecule has 2 N–H and O–H groups in total. The maximum atomic E-state index is 12.0. The number of rotatable bonds is 7. The largest absolute Gasteiger partial charge is 0.490 e. The van der Waals surface area contributed by atoms with Gasteiger partial charge in [0, 0.05) is 19.5 Å². The number of alkyl halides is 3. The Hall–Kier alpha value is -1.73. The summed E-state index contributed by atoms with van der Waals surface area (Å²) in [6.45, 7) is 2.72. The van der Waals surface area contributed by atoms with Crippen LogP contribution in [0.25, 0.3) is 0 Å². The normalized spacial score (nSPS) is 11.2. The highest BCUT2D eigenvalue weighted by Crippen LogP contribution is 2.29. The van der Waals surface area contributed by atoms with Crippen LogP contribution in [0.5, 0.6) is 5.75 Å². The molecular formula is C11H17F3N4O. The van der Waals surface area contributed by atoms with Crippen LogP contribution in [0.2, 0.25) is 0 Å². The van der Waals surface area contributed by atoms with Crippen LogP contribution >= 0.6 is 0 Å². The van der Waals surface area contributed by atoms with Gasteiger partial charge >= 0.3 is 6.18 Å². The third-order valence-electron chi connectivity index (χ3n) is 2.28. The van der Waals surface area contributed by atoms with Gasteiger partial charge in [-0.3, -0.25) is 0 Å². The Morgan fingerprint density at radius 3 is 2.37 bits per heavy atom. The molecule has 0 aliphatic carbocycles. The van der Waals surface area contributed by atoms with Crippen molar-refractivity contribution in [1.82, 2.24) is 9.97 Å². The van der Waals surface area contributed by atoms with Crippen molar-refractivity contribution in [2.75, 3.05) is 30.8 Å². The minimum atomic E-state index is -4.13. The van der Waals surface area contributed by atoms with Gasteiger partial charge in [0.25, 0.3) is 0 Å². The first-order valence-corrected chi connectivity index (χ1v) is 5.91. The summed E-state index contributed by atoms with van der Waals surface area (Å²) in [5.41, 5.74) is 0. The highest BCUT2D eigenvalue weighted by molar-refractivity contribution is 5.63. The Balaban J connectivity index is 2.60. The van der Waals surface area contributed by atoms with E-state index in [-0.39, 0.29) is 13.0 Å². The molecule has 0 bridgehead atoms. The second kappa shape index (κ2) is 7.01. The fourth-order valence-electron chi connectivity index (χ4n) is 1.48. The average molecular weight is 278 g/mol. The van der Waals surface area contributed by atoms with E-state index >= 15 is 0 Å². The van der Waals surface area contributed by atoms with Crippen molar-refractivity contribution in [1.29, 1.82) is 0 Å². The van der Waals surface area contributed by atoms with Gasteiger partial charge in [0.15, 0.2) is 11.6 Å². The lowest BCUT2D eigenvalue weighted by atomic mass is 10.3. The summed E-state index contributed by atoms with van der Waals surface area (Å²) in [4.78, 5) is 7.96. The number of methoxy groups -OCH3 is 1. The molecule has 0 fully saturated rings. The highest BCUT2D eigenvalue weighted by Gasteiger charge is 2.26. The van der Waals surface area contributed by atoms with Crippen LogP contribution < -0.4 is 15.4 Å². The molecular weight excluding hydrogens is 261 g/mol. The molecule has 0 spiro atoms. The SMILES string of the molecule is CCNc1ncnc(NCCCC(F)(F)F)c1OC. The topological polar surface area (TPSA) is 59.1 Å². The second-order valence-electron chi connectivity index (χ2n) is 3.78. The molecule has 1 aromatic rings. The van der Waals surface area contributed by atoms with Gasteiger partial charge in [0.05, 0.1) is 7.11 Å². The molecule has 0 unspecified atom stereocenters. The van der Waals surface area contributed by atoms with Crippen molar-refractivity contribution in [2.24, 2.45) is 0 Å². The smallest absolute Gasteiger partial charge is 0.389 e. The lowest BCUT2D eigenvalue weighted by molar-refractivity contribution is -0.134. The molecule has 0 aliphatic rings. The lowest BCUT2D eigenvalue weighted by Gasteiger charge is -2.13. The van der Waals surface area contributed by atoms with E-state index in [2.05, 4.69) is 20.6 Å². The summed E-state index contributed by atoms with van der Waals surface area (Å²) >= 11 is 0. The summed E-state index contributed by atoms with van der Waals surface area (Å²) in [5.74, 6) is 1.30. The molecule has 19 heavy (non-hydrogen) atoms. The van der Waals surface area contributed by atoms with E-state index in [0.717, 1.165) is 0 Å². The number of hydrogen-bond acceptors (Lipinski definition) is 5. The number of aromatic nitrogens is 2. The highest BCUT2D eigenvalue weighted by atomic mass is 19.4. The second-order valence-corrected chi connectivity index (χ2v) is 3.78. The lowest BCUT2D eigenvalue weighted by Crippen LogP contribution is -2.12. The monoisotopic (exact) mass is 278 g/mol. The molecule has 8 heteroatoms. The predicted molar refractivity (Wildman–Crippen MR) is 66.5 cm³/mol. The first-order valence-electron chi connectivity index (χ1n) is 5.91. The number of nitrogens with zero attached hydrogens (tertiary/aromatic N) is 2. The standard InChI is InChI=1S/C11H17F3N4O/c1-3-15-9-8(19-2)10(18-7-17-9)16-6-4-5-11(12,13)14/h7H,3-6H2,1-2H3,(H2,15,16,17,18). The van der Waals surface area contributed by atoms with Gasteiger partial charge in [0.1, 0.15) is 6.33 Å². The molecule has 108 valence electrons. The van der Waals surface area contributed by atoms with E-state index < -0.39 is 12.6 Å². The zero-order valence-electron chi connectivity index (χ0n) is 10.8. The van der Waals surface area contributed by atoms with E-state index in [1.807, 2.05) is 6.92 Å². The van der Waals surface area contributed by atoms with E-state index in [1.165, 1.54) is 13.4 Å². The van der Waals surface area contributed by atoms with E-state index in [9.17, 15) is 13.2 Å².